The normalized spacial score (nSPS) is 11.2. The van der Waals surface area contributed by atoms with Crippen LogP contribution in [0.4, 0.5) is 15.8 Å². The maximum Gasteiger partial charge on any atom is 0.258 e. The van der Waals surface area contributed by atoms with E-state index in [2.05, 4.69) is 25.1 Å². The van der Waals surface area contributed by atoms with Crippen LogP contribution in [0.3, 0.4) is 0 Å². The lowest BCUT2D eigenvalue weighted by Crippen LogP contribution is -2.13. The minimum Gasteiger partial charge on any atom is -0.322 e. The van der Waals surface area contributed by atoms with Gasteiger partial charge in [-0.2, -0.15) is 5.10 Å². The molecular formula is C21H16ClFN6O3S. The molecule has 2 N–H and O–H groups in total. The van der Waals surface area contributed by atoms with Crippen molar-refractivity contribution in [3.05, 3.63) is 83.8 Å². The zero-order chi connectivity index (χ0) is 23.6. The van der Waals surface area contributed by atoms with Gasteiger partial charge in [0.25, 0.3) is 5.91 Å². The van der Waals surface area contributed by atoms with Crippen molar-refractivity contribution in [2.24, 2.45) is 0 Å². The SMILES string of the molecule is CS(=O)(=O)Nc1cc(Cl)cc(NC(=O)c2cnn(-c3ncccc3-c3cncc(F)c3)c2)c1. The van der Waals surface area contributed by atoms with E-state index in [4.69, 9.17) is 11.6 Å². The Kier molecular flexibility index (Phi) is 6.07. The van der Waals surface area contributed by atoms with E-state index < -0.39 is 21.7 Å². The van der Waals surface area contributed by atoms with Gasteiger partial charge in [-0.15, -0.1) is 0 Å². The first kappa shape index (κ1) is 22.4. The maximum atomic E-state index is 13.6. The third-order valence-electron chi connectivity index (χ3n) is 4.32. The highest BCUT2D eigenvalue weighted by Crippen LogP contribution is 2.26. The average Bonchev–Trinajstić information content (AvgIpc) is 3.22. The Morgan fingerprint density at radius 3 is 2.67 bits per heavy atom. The summed E-state index contributed by atoms with van der Waals surface area (Å²) in [5, 5.41) is 7.09. The number of anilines is 2. The van der Waals surface area contributed by atoms with Gasteiger partial charge in [-0.25, -0.2) is 22.5 Å². The van der Waals surface area contributed by atoms with Crippen LogP contribution in [0, 0.1) is 5.82 Å². The first-order valence-corrected chi connectivity index (χ1v) is 11.7. The molecule has 0 fully saturated rings. The van der Waals surface area contributed by atoms with Crippen molar-refractivity contribution >= 4 is 38.9 Å². The van der Waals surface area contributed by atoms with Crippen LogP contribution in [0.1, 0.15) is 10.4 Å². The molecule has 12 heteroatoms. The topological polar surface area (TPSA) is 119 Å². The van der Waals surface area contributed by atoms with E-state index in [-0.39, 0.29) is 22.0 Å². The number of hydrogen-bond acceptors (Lipinski definition) is 6. The molecule has 0 aliphatic rings. The highest BCUT2D eigenvalue weighted by atomic mass is 35.5. The second-order valence-corrected chi connectivity index (χ2v) is 9.18. The zero-order valence-electron chi connectivity index (χ0n) is 17.0. The van der Waals surface area contributed by atoms with Gasteiger partial charge in [-0.05, 0) is 36.4 Å². The molecule has 3 heterocycles. The number of carbonyl (C=O) groups excluding carboxylic acids is 1. The largest absolute Gasteiger partial charge is 0.322 e. The van der Waals surface area contributed by atoms with Crippen LogP contribution in [0.15, 0.2) is 67.4 Å². The van der Waals surface area contributed by atoms with Gasteiger partial charge >= 0.3 is 0 Å². The summed E-state index contributed by atoms with van der Waals surface area (Å²) in [6, 6.07) is 9.09. The lowest BCUT2D eigenvalue weighted by molar-refractivity contribution is 0.102. The number of nitrogens with zero attached hydrogens (tertiary/aromatic N) is 4. The number of hydrogen-bond donors (Lipinski definition) is 2. The highest BCUT2D eigenvalue weighted by molar-refractivity contribution is 7.92. The Bertz CT molecular complexity index is 1460. The van der Waals surface area contributed by atoms with Crippen molar-refractivity contribution in [1.82, 2.24) is 19.7 Å². The Balaban J connectivity index is 1.60. The van der Waals surface area contributed by atoms with E-state index in [9.17, 15) is 17.6 Å². The fraction of sp³-hybridized carbons (Fsp3) is 0.0476. The molecule has 4 rings (SSSR count). The Labute approximate surface area is 193 Å². The molecule has 0 aliphatic carbocycles. The van der Waals surface area contributed by atoms with Crippen LogP contribution >= 0.6 is 11.6 Å². The van der Waals surface area contributed by atoms with Gasteiger partial charge in [0.05, 0.1) is 29.9 Å². The lowest BCUT2D eigenvalue weighted by atomic mass is 10.1. The quantitative estimate of drug-likeness (QED) is 0.428. The second kappa shape index (κ2) is 8.96. The van der Waals surface area contributed by atoms with Crippen LogP contribution in [0.2, 0.25) is 5.02 Å². The van der Waals surface area contributed by atoms with Crippen molar-refractivity contribution in [3.8, 4) is 16.9 Å². The van der Waals surface area contributed by atoms with Crippen molar-refractivity contribution in [1.29, 1.82) is 0 Å². The molecular weight excluding hydrogens is 471 g/mol. The van der Waals surface area contributed by atoms with Crippen molar-refractivity contribution in [3.63, 3.8) is 0 Å². The summed E-state index contributed by atoms with van der Waals surface area (Å²) < 4.78 is 40.3. The van der Waals surface area contributed by atoms with Crippen molar-refractivity contribution in [2.45, 2.75) is 0 Å². The molecule has 0 spiro atoms. The summed E-state index contributed by atoms with van der Waals surface area (Å²) in [6.07, 6.45) is 7.97. The van der Waals surface area contributed by atoms with Crippen LogP contribution in [0.25, 0.3) is 16.9 Å². The average molecular weight is 487 g/mol. The number of sulfonamides is 1. The molecule has 33 heavy (non-hydrogen) atoms. The Morgan fingerprint density at radius 1 is 1.12 bits per heavy atom. The fourth-order valence-electron chi connectivity index (χ4n) is 3.06. The second-order valence-electron chi connectivity index (χ2n) is 7.00. The number of benzene rings is 1. The molecule has 168 valence electrons. The first-order chi connectivity index (χ1) is 15.7. The number of rotatable bonds is 6. The van der Waals surface area contributed by atoms with Gasteiger partial charge < -0.3 is 5.32 Å². The summed E-state index contributed by atoms with van der Waals surface area (Å²) in [4.78, 5) is 20.9. The van der Waals surface area contributed by atoms with E-state index in [1.54, 1.807) is 18.3 Å². The summed E-state index contributed by atoms with van der Waals surface area (Å²) in [5.74, 6) is -0.612. The van der Waals surface area contributed by atoms with Gasteiger partial charge in [-0.3, -0.25) is 14.5 Å². The summed E-state index contributed by atoms with van der Waals surface area (Å²) in [7, 11) is -3.52. The smallest absolute Gasteiger partial charge is 0.258 e. The van der Waals surface area contributed by atoms with Crippen LogP contribution in [-0.4, -0.2) is 40.3 Å². The van der Waals surface area contributed by atoms with E-state index in [0.29, 0.717) is 16.9 Å². The van der Waals surface area contributed by atoms with E-state index in [1.807, 2.05) is 0 Å². The van der Waals surface area contributed by atoms with E-state index in [1.165, 1.54) is 47.5 Å². The fourth-order valence-corrected chi connectivity index (χ4v) is 3.84. The summed E-state index contributed by atoms with van der Waals surface area (Å²) >= 11 is 6.04. The molecule has 4 aromatic rings. The zero-order valence-corrected chi connectivity index (χ0v) is 18.6. The van der Waals surface area contributed by atoms with Crippen LogP contribution in [0.5, 0.6) is 0 Å². The molecule has 0 bridgehead atoms. The van der Waals surface area contributed by atoms with Gasteiger partial charge in [0.2, 0.25) is 10.0 Å². The molecule has 1 aromatic carbocycles. The van der Waals surface area contributed by atoms with Crippen LogP contribution in [-0.2, 0) is 10.0 Å². The number of amides is 1. The van der Waals surface area contributed by atoms with Crippen molar-refractivity contribution < 1.29 is 17.6 Å². The summed E-state index contributed by atoms with van der Waals surface area (Å²) in [5.41, 5.74) is 1.78. The predicted molar refractivity (Wildman–Crippen MR) is 122 cm³/mol. The molecule has 1 amide bonds. The van der Waals surface area contributed by atoms with Crippen LogP contribution < -0.4 is 10.0 Å². The van der Waals surface area contributed by atoms with Gasteiger partial charge in [0.1, 0.15) is 5.82 Å². The van der Waals surface area contributed by atoms with Gasteiger partial charge in [0.15, 0.2) is 5.82 Å². The minimum atomic E-state index is -3.52. The monoisotopic (exact) mass is 486 g/mol. The first-order valence-electron chi connectivity index (χ1n) is 9.39. The summed E-state index contributed by atoms with van der Waals surface area (Å²) in [6.45, 7) is 0. The Morgan fingerprint density at radius 2 is 1.91 bits per heavy atom. The molecule has 0 aliphatic heterocycles. The lowest BCUT2D eigenvalue weighted by Gasteiger charge is -2.09. The number of pyridine rings is 2. The van der Waals surface area contributed by atoms with E-state index >= 15 is 0 Å². The van der Waals surface area contributed by atoms with Gasteiger partial charge in [-0.1, -0.05) is 11.6 Å². The Hall–Kier alpha value is -3.83. The maximum absolute atomic E-state index is 13.6. The third kappa shape index (κ3) is 5.51. The molecule has 0 radical (unpaired) electrons. The highest BCUT2D eigenvalue weighted by Gasteiger charge is 2.15. The van der Waals surface area contributed by atoms with Gasteiger partial charge in [0, 0.05) is 40.4 Å². The predicted octanol–water partition coefficient (Wildman–Crippen LogP) is 3.75. The third-order valence-corrected chi connectivity index (χ3v) is 5.15. The molecule has 0 unspecified atom stereocenters. The number of halogens is 2. The number of carbonyl (C=O) groups is 1. The molecule has 0 saturated heterocycles. The van der Waals surface area contributed by atoms with E-state index in [0.717, 1.165) is 12.5 Å². The van der Waals surface area contributed by atoms with Crippen molar-refractivity contribution in [2.75, 3.05) is 16.3 Å². The minimum absolute atomic E-state index is 0.206. The number of aromatic nitrogens is 4. The molecule has 9 nitrogen and oxygen atoms in total. The standard InChI is InChI=1S/C21H16ClFN6O3S/c1-33(31,32)28-18-7-15(22)6-17(8-18)27-21(30)14-10-26-29(12-14)20-19(3-2-4-25-20)13-5-16(23)11-24-9-13/h2-12,28H,1H3,(H,27,30). The molecule has 0 saturated carbocycles. The number of nitrogens with one attached hydrogen (secondary N) is 2. The molecule has 0 atom stereocenters. The molecule has 3 aromatic heterocycles.